The first-order valence-corrected chi connectivity index (χ1v) is 9.10. The van der Waals surface area contributed by atoms with Crippen LogP contribution in [0.3, 0.4) is 0 Å². The van der Waals surface area contributed by atoms with E-state index >= 15 is 0 Å². The lowest BCUT2D eigenvalue weighted by Crippen LogP contribution is -2.27. The molecule has 0 spiro atoms. The van der Waals surface area contributed by atoms with Gasteiger partial charge in [0.2, 0.25) is 12.6 Å². The number of carbonyl (C=O) groups is 1. The number of nitrogens with zero attached hydrogens (tertiary/aromatic N) is 6. The Morgan fingerprint density at radius 1 is 1.13 bits per heavy atom. The molecule has 1 N–H and O–H groups in total. The lowest BCUT2D eigenvalue weighted by Gasteiger charge is -2.05. The first kappa shape index (κ1) is 17.8. The molecule has 0 aliphatic carbocycles. The summed E-state index contributed by atoms with van der Waals surface area (Å²) in [4.78, 5) is 20.8. The Bertz CT molecular complexity index is 1190. The SMILES string of the molecule is O=C(NCCn1cc(-c2nc(-c3ccccn3)no2)nn1)c1ccc2c(c1)OCO2. The van der Waals surface area contributed by atoms with Crippen molar-refractivity contribution >= 4 is 5.91 Å². The minimum absolute atomic E-state index is 0.165. The lowest BCUT2D eigenvalue weighted by molar-refractivity contribution is 0.0951. The highest BCUT2D eigenvalue weighted by Gasteiger charge is 2.17. The first-order valence-electron chi connectivity index (χ1n) is 9.10. The van der Waals surface area contributed by atoms with Gasteiger partial charge in [0.1, 0.15) is 5.69 Å². The fourth-order valence-corrected chi connectivity index (χ4v) is 2.86. The number of aromatic nitrogens is 6. The predicted octanol–water partition coefficient (Wildman–Crippen LogP) is 1.55. The molecule has 0 atom stereocenters. The summed E-state index contributed by atoms with van der Waals surface area (Å²) in [6.45, 7) is 0.946. The van der Waals surface area contributed by atoms with Crippen LogP contribution in [-0.2, 0) is 6.54 Å². The smallest absolute Gasteiger partial charge is 0.280 e. The van der Waals surface area contributed by atoms with Crippen LogP contribution in [0.2, 0.25) is 0 Å². The number of hydrogen-bond donors (Lipinski definition) is 1. The van der Waals surface area contributed by atoms with Crippen molar-refractivity contribution in [1.82, 2.24) is 35.4 Å². The molecule has 4 aromatic rings. The highest BCUT2D eigenvalue weighted by molar-refractivity contribution is 5.94. The van der Waals surface area contributed by atoms with Gasteiger partial charge in [0.05, 0.1) is 12.7 Å². The molecule has 5 rings (SSSR count). The van der Waals surface area contributed by atoms with E-state index in [2.05, 4.69) is 30.8 Å². The van der Waals surface area contributed by atoms with Crippen LogP contribution in [-0.4, -0.2) is 49.4 Å². The molecule has 0 fully saturated rings. The fourth-order valence-electron chi connectivity index (χ4n) is 2.86. The van der Waals surface area contributed by atoms with Crippen molar-refractivity contribution in [1.29, 1.82) is 0 Å². The molecule has 0 saturated heterocycles. The molecule has 1 aliphatic rings. The van der Waals surface area contributed by atoms with Crippen molar-refractivity contribution in [3.63, 3.8) is 0 Å². The summed E-state index contributed by atoms with van der Waals surface area (Å²) < 4.78 is 17.4. The third kappa shape index (κ3) is 3.55. The Morgan fingerprint density at radius 3 is 2.97 bits per heavy atom. The summed E-state index contributed by atoms with van der Waals surface area (Å²) in [5, 5.41) is 14.8. The standard InChI is InChI=1S/C19H15N7O4/c27-18(12-4-5-15-16(9-12)29-11-28-15)21-7-8-26-10-14(23-25-26)19-22-17(24-30-19)13-3-1-2-6-20-13/h1-6,9-10H,7-8,11H2,(H,21,27). The zero-order valence-corrected chi connectivity index (χ0v) is 15.6. The van der Waals surface area contributed by atoms with Crippen LogP contribution in [0.15, 0.2) is 53.3 Å². The van der Waals surface area contributed by atoms with Crippen molar-refractivity contribution in [2.45, 2.75) is 6.54 Å². The van der Waals surface area contributed by atoms with Gasteiger partial charge in [-0.3, -0.25) is 9.78 Å². The molecule has 0 bridgehead atoms. The highest BCUT2D eigenvalue weighted by atomic mass is 16.7. The van der Waals surface area contributed by atoms with E-state index in [1.54, 1.807) is 47.4 Å². The van der Waals surface area contributed by atoms with Crippen molar-refractivity contribution in [2.75, 3.05) is 13.3 Å². The minimum atomic E-state index is -0.217. The Labute approximate surface area is 169 Å². The third-order valence-corrected chi connectivity index (χ3v) is 4.34. The quantitative estimate of drug-likeness (QED) is 0.508. The van der Waals surface area contributed by atoms with Crippen LogP contribution in [0.5, 0.6) is 11.5 Å². The summed E-state index contributed by atoms with van der Waals surface area (Å²) in [7, 11) is 0. The molecule has 0 unspecified atom stereocenters. The molecule has 150 valence electrons. The van der Waals surface area contributed by atoms with E-state index in [0.717, 1.165) is 0 Å². The number of fused-ring (bicyclic) bond motifs is 1. The second-order valence-electron chi connectivity index (χ2n) is 6.33. The number of nitrogens with one attached hydrogen (secondary N) is 1. The average Bonchev–Trinajstić information content (AvgIpc) is 3.53. The number of rotatable bonds is 6. The van der Waals surface area contributed by atoms with E-state index in [4.69, 9.17) is 14.0 Å². The Hall–Kier alpha value is -4.28. The van der Waals surface area contributed by atoms with Gasteiger partial charge in [-0.1, -0.05) is 16.4 Å². The van der Waals surface area contributed by atoms with Gasteiger partial charge in [0, 0.05) is 18.3 Å². The molecule has 11 heteroatoms. The largest absolute Gasteiger partial charge is 0.454 e. The van der Waals surface area contributed by atoms with Gasteiger partial charge in [-0.25, -0.2) is 4.68 Å². The van der Waals surface area contributed by atoms with E-state index in [1.165, 1.54) is 0 Å². The zero-order chi connectivity index (χ0) is 20.3. The number of pyridine rings is 1. The molecule has 0 saturated carbocycles. The van der Waals surface area contributed by atoms with Crippen LogP contribution in [0, 0.1) is 0 Å². The van der Waals surface area contributed by atoms with E-state index < -0.39 is 0 Å². The maximum absolute atomic E-state index is 12.3. The molecule has 1 aromatic carbocycles. The maximum atomic E-state index is 12.3. The van der Waals surface area contributed by atoms with Crippen LogP contribution in [0.1, 0.15) is 10.4 Å². The monoisotopic (exact) mass is 405 g/mol. The molecule has 1 aliphatic heterocycles. The average molecular weight is 405 g/mol. The number of ether oxygens (including phenoxy) is 2. The van der Waals surface area contributed by atoms with Crippen LogP contribution in [0.25, 0.3) is 23.1 Å². The molecule has 11 nitrogen and oxygen atoms in total. The Kier molecular flexibility index (Phi) is 4.52. The van der Waals surface area contributed by atoms with Crippen molar-refractivity contribution in [3.05, 3.63) is 54.4 Å². The van der Waals surface area contributed by atoms with Gasteiger partial charge in [0.25, 0.3) is 11.8 Å². The normalized spacial score (nSPS) is 12.1. The molecular weight excluding hydrogens is 390 g/mol. The highest BCUT2D eigenvalue weighted by Crippen LogP contribution is 2.32. The van der Waals surface area contributed by atoms with Gasteiger partial charge in [-0.15, -0.1) is 5.10 Å². The van der Waals surface area contributed by atoms with Crippen molar-refractivity contribution in [3.8, 4) is 34.6 Å². The topological polar surface area (TPSA) is 130 Å². The van der Waals surface area contributed by atoms with Crippen LogP contribution < -0.4 is 14.8 Å². The zero-order valence-electron chi connectivity index (χ0n) is 15.6. The van der Waals surface area contributed by atoms with E-state index in [-0.39, 0.29) is 18.6 Å². The maximum Gasteiger partial charge on any atom is 0.280 e. The van der Waals surface area contributed by atoms with Gasteiger partial charge in [0.15, 0.2) is 17.2 Å². The van der Waals surface area contributed by atoms with E-state index in [1.807, 2.05) is 6.07 Å². The molecule has 1 amide bonds. The predicted molar refractivity (Wildman–Crippen MR) is 101 cm³/mol. The summed E-state index contributed by atoms with van der Waals surface area (Å²) in [5.41, 5.74) is 1.53. The van der Waals surface area contributed by atoms with Crippen LogP contribution in [0.4, 0.5) is 0 Å². The van der Waals surface area contributed by atoms with Gasteiger partial charge >= 0.3 is 0 Å². The number of benzene rings is 1. The van der Waals surface area contributed by atoms with E-state index in [9.17, 15) is 4.79 Å². The number of hydrogen-bond acceptors (Lipinski definition) is 9. The first-order chi connectivity index (χ1) is 14.8. The second kappa shape index (κ2) is 7.62. The fraction of sp³-hybridized carbons (Fsp3) is 0.158. The summed E-state index contributed by atoms with van der Waals surface area (Å²) >= 11 is 0. The van der Waals surface area contributed by atoms with Crippen LogP contribution >= 0.6 is 0 Å². The van der Waals surface area contributed by atoms with Crippen molar-refractivity contribution in [2.24, 2.45) is 0 Å². The summed E-state index contributed by atoms with van der Waals surface area (Å²) in [6, 6.07) is 10.5. The molecule has 30 heavy (non-hydrogen) atoms. The lowest BCUT2D eigenvalue weighted by atomic mass is 10.2. The molecular formula is C19H15N7O4. The van der Waals surface area contributed by atoms with Gasteiger partial charge < -0.3 is 19.3 Å². The molecule has 4 heterocycles. The molecule has 0 radical (unpaired) electrons. The number of amides is 1. The molecule has 3 aromatic heterocycles. The van der Waals surface area contributed by atoms with Gasteiger partial charge in [-0.2, -0.15) is 4.98 Å². The summed E-state index contributed by atoms with van der Waals surface area (Å²) in [5.74, 6) is 1.59. The second-order valence-corrected chi connectivity index (χ2v) is 6.33. The minimum Gasteiger partial charge on any atom is -0.454 e. The Morgan fingerprint density at radius 2 is 2.07 bits per heavy atom. The Balaban J connectivity index is 1.19. The summed E-state index contributed by atoms with van der Waals surface area (Å²) in [6.07, 6.45) is 3.32. The van der Waals surface area contributed by atoms with Crippen molar-refractivity contribution < 1.29 is 18.8 Å². The number of carbonyl (C=O) groups excluding carboxylic acids is 1. The van der Waals surface area contributed by atoms with E-state index in [0.29, 0.717) is 47.4 Å². The van der Waals surface area contributed by atoms with Gasteiger partial charge in [-0.05, 0) is 30.3 Å². The third-order valence-electron chi connectivity index (χ3n) is 4.34.